The predicted molar refractivity (Wildman–Crippen MR) is 61.7 cm³/mol. The molecular weight excluding hydrogens is 208 g/mol. The quantitative estimate of drug-likeness (QED) is 0.819. The van der Waals surface area contributed by atoms with Crippen LogP contribution >= 0.6 is 11.5 Å². The van der Waals surface area contributed by atoms with E-state index >= 15 is 0 Å². The molecule has 1 heterocycles. The molecule has 1 aliphatic carbocycles. The molecule has 4 nitrogen and oxygen atoms in total. The number of hydrogen-bond acceptors (Lipinski definition) is 5. The van der Waals surface area contributed by atoms with Crippen molar-refractivity contribution in [3.05, 3.63) is 5.56 Å². The fourth-order valence-corrected chi connectivity index (χ4v) is 2.42. The number of nitrogens with zero attached hydrogens (tertiary/aromatic N) is 2. The van der Waals surface area contributed by atoms with Crippen LogP contribution < -0.4 is 11.1 Å². The maximum atomic E-state index is 8.89. The molecule has 1 aromatic heterocycles. The van der Waals surface area contributed by atoms with Gasteiger partial charge in [-0.2, -0.15) is 9.64 Å². The second-order valence-corrected chi connectivity index (χ2v) is 4.88. The molecule has 0 spiro atoms. The Morgan fingerprint density at radius 1 is 1.73 bits per heavy atom. The van der Waals surface area contributed by atoms with E-state index in [9.17, 15) is 0 Å². The lowest BCUT2D eigenvalue weighted by Gasteiger charge is -2.12. The molecule has 0 amide bonds. The van der Waals surface area contributed by atoms with E-state index in [0.717, 1.165) is 10.9 Å². The van der Waals surface area contributed by atoms with Gasteiger partial charge in [-0.05, 0) is 30.8 Å². The molecule has 0 saturated heterocycles. The van der Waals surface area contributed by atoms with Crippen LogP contribution in [0.3, 0.4) is 0 Å². The van der Waals surface area contributed by atoms with Gasteiger partial charge in [0.15, 0.2) is 5.82 Å². The molecule has 80 valence electrons. The molecule has 1 aromatic rings. The van der Waals surface area contributed by atoms with Crippen LogP contribution in [0.4, 0.5) is 10.8 Å². The van der Waals surface area contributed by atoms with E-state index in [1.807, 2.05) is 0 Å². The van der Waals surface area contributed by atoms with Gasteiger partial charge in [0.05, 0.1) is 0 Å². The Morgan fingerprint density at radius 3 is 3.07 bits per heavy atom. The maximum Gasteiger partial charge on any atom is 0.157 e. The summed E-state index contributed by atoms with van der Waals surface area (Å²) in [5.41, 5.74) is 6.07. The normalized spacial score (nSPS) is 17.1. The Morgan fingerprint density at radius 2 is 2.47 bits per heavy atom. The van der Waals surface area contributed by atoms with Crippen LogP contribution in [-0.2, 0) is 0 Å². The van der Waals surface area contributed by atoms with Gasteiger partial charge in [-0.25, -0.2) is 0 Å². The van der Waals surface area contributed by atoms with Gasteiger partial charge in [-0.15, -0.1) is 0 Å². The summed E-state index contributed by atoms with van der Waals surface area (Å²) in [4.78, 5) is 0. The maximum absolute atomic E-state index is 8.89. The first-order valence-electron chi connectivity index (χ1n) is 5.12. The van der Waals surface area contributed by atoms with E-state index in [-0.39, 0.29) is 0 Å². The predicted octanol–water partition coefficient (Wildman–Crippen LogP) is 2.20. The summed E-state index contributed by atoms with van der Waals surface area (Å²) in [6, 6.07) is 2.47. The van der Waals surface area contributed by atoms with Crippen molar-refractivity contribution < 1.29 is 0 Å². The fraction of sp³-hybridized carbons (Fsp3) is 0.600. The zero-order valence-electron chi connectivity index (χ0n) is 8.66. The Balaban J connectivity index is 1.99. The fourth-order valence-electron chi connectivity index (χ4n) is 1.65. The molecule has 0 radical (unpaired) electrons. The smallest absolute Gasteiger partial charge is 0.157 e. The van der Waals surface area contributed by atoms with E-state index in [2.05, 4.69) is 22.7 Å². The second kappa shape index (κ2) is 4.07. The lowest BCUT2D eigenvalue weighted by Crippen LogP contribution is -2.15. The van der Waals surface area contributed by atoms with E-state index in [1.165, 1.54) is 30.8 Å². The summed E-state index contributed by atoms with van der Waals surface area (Å²) < 4.78 is 3.97. The van der Waals surface area contributed by atoms with E-state index in [0.29, 0.717) is 17.4 Å². The van der Waals surface area contributed by atoms with Crippen LogP contribution in [0.25, 0.3) is 0 Å². The number of hydrogen-bond donors (Lipinski definition) is 2. The molecule has 0 aliphatic heterocycles. The van der Waals surface area contributed by atoms with Crippen LogP contribution in [0.2, 0.25) is 0 Å². The van der Waals surface area contributed by atoms with Gasteiger partial charge in [0, 0.05) is 6.04 Å². The van der Waals surface area contributed by atoms with Gasteiger partial charge in [0.1, 0.15) is 16.6 Å². The first-order chi connectivity index (χ1) is 7.20. The van der Waals surface area contributed by atoms with Crippen LogP contribution in [-0.4, -0.2) is 10.4 Å². The molecule has 15 heavy (non-hydrogen) atoms. The molecule has 1 unspecified atom stereocenters. The van der Waals surface area contributed by atoms with Crippen molar-refractivity contribution in [2.75, 3.05) is 11.1 Å². The van der Waals surface area contributed by atoms with Crippen molar-refractivity contribution in [3.8, 4) is 6.07 Å². The summed E-state index contributed by atoms with van der Waals surface area (Å²) in [6.07, 6.45) is 3.87. The summed E-state index contributed by atoms with van der Waals surface area (Å²) >= 11 is 1.27. The van der Waals surface area contributed by atoms with Gasteiger partial charge < -0.3 is 11.1 Å². The topological polar surface area (TPSA) is 74.7 Å². The van der Waals surface area contributed by atoms with E-state index < -0.39 is 0 Å². The summed E-state index contributed by atoms with van der Waals surface area (Å²) in [5, 5.41) is 13.0. The average Bonchev–Trinajstić information content (AvgIpc) is 2.92. The van der Waals surface area contributed by atoms with E-state index in [1.54, 1.807) is 0 Å². The second-order valence-electron chi connectivity index (χ2n) is 4.11. The van der Waals surface area contributed by atoms with Crippen LogP contribution in [0.1, 0.15) is 31.7 Å². The Kier molecular flexibility index (Phi) is 2.78. The number of aromatic nitrogens is 1. The lowest BCUT2D eigenvalue weighted by atomic mass is 10.1. The van der Waals surface area contributed by atoms with Gasteiger partial charge in [-0.3, -0.25) is 0 Å². The van der Waals surface area contributed by atoms with Crippen molar-refractivity contribution in [3.63, 3.8) is 0 Å². The number of rotatable bonds is 4. The largest absolute Gasteiger partial charge is 0.382 e. The van der Waals surface area contributed by atoms with Gasteiger partial charge in [-0.1, -0.05) is 12.8 Å². The van der Waals surface area contributed by atoms with Crippen LogP contribution in [0.5, 0.6) is 0 Å². The zero-order chi connectivity index (χ0) is 10.8. The minimum absolute atomic E-state index is 0.337. The molecule has 1 atom stereocenters. The first kappa shape index (κ1) is 10.2. The lowest BCUT2D eigenvalue weighted by molar-refractivity contribution is 0.643. The third-order valence-electron chi connectivity index (χ3n) is 2.59. The average molecular weight is 222 g/mol. The van der Waals surface area contributed by atoms with Crippen molar-refractivity contribution in [2.45, 2.75) is 32.2 Å². The summed E-state index contributed by atoms with van der Waals surface area (Å²) in [6.45, 7) is 2.13. The number of nitriles is 1. The number of nitrogens with one attached hydrogen (secondary N) is 1. The van der Waals surface area contributed by atoms with Gasteiger partial charge in [0.2, 0.25) is 0 Å². The van der Waals surface area contributed by atoms with Crippen molar-refractivity contribution in [1.29, 1.82) is 5.26 Å². The number of nitrogens with two attached hydrogens (primary N) is 1. The molecule has 5 heteroatoms. The standard InChI is InChI=1S/C10H14N4S/c1-6(4-7-2-3-7)13-10-8(5-11)9(12)14-15-10/h6-7,13H,2-4H2,1H3,(H2,12,14). The highest BCUT2D eigenvalue weighted by Crippen LogP contribution is 2.35. The Labute approximate surface area is 93.3 Å². The summed E-state index contributed by atoms with van der Waals surface area (Å²) in [7, 11) is 0. The van der Waals surface area contributed by atoms with Gasteiger partial charge in [0.25, 0.3) is 0 Å². The number of anilines is 2. The third kappa shape index (κ3) is 2.39. The molecule has 2 rings (SSSR count). The molecule has 1 fully saturated rings. The molecule has 0 bridgehead atoms. The van der Waals surface area contributed by atoms with Crippen LogP contribution in [0.15, 0.2) is 0 Å². The minimum atomic E-state index is 0.337. The minimum Gasteiger partial charge on any atom is -0.382 e. The van der Waals surface area contributed by atoms with Crippen molar-refractivity contribution >= 4 is 22.4 Å². The first-order valence-corrected chi connectivity index (χ1v) is 5.90. The molecule has 1 saturated carbocycles. The monoisotopic (exact) mass is 222 g/mol. The summed E-state index contributed by atoms with van der Waals surface area (Å²) in [5.74, 6) is 1.21. The molecular formula is C10H14N4S. The van der Waals surface area contributed by atoms with Gasteiger partial charge >= 0.3 is 0 Å². The molecule has 1 aliphatic rings. The zero-order valence-corrected chi connectivity index (χ0v) is 9.47. The van der Waals surface area contributed by atoms with E-state index in [4.69, 9.17) is 11.0 Å². The Hall–Kier alpha value is -1.28. The van der Waals surface area contributed by atoms with Crippen molar-refractivity contribution in [1.82, 2.24) is 4.37 Å². The van der Waals surface area contributed by atoms with Crippen LogP contribution in [0, 0.1) is 17.2 Å². The number of nitrogen functional groups attached to an aromatic ring is 1. The highest BCUT2D eigenvalue weighted by molar-refractivity contribution is 7.10. The van der Waals surface area contributed by atoms with Crippen molar-refractivity contribution in [2.24, 2.45) is 5.92 Å². The third-order valence-corrected chi connectivity index (χ3v) is 3.38. The SMILES string of the molecule is CC(CC1CC1)Nc1snc(N)c1C#N. The highest BCUT2D eigenvalue weighted by atomic mass is 32.1. The molecule has 3 N–H and O–H groups in total. The molecule has 0 aromatic carbocycles. The highest BCUT2D eigenvalue weighted by Gasteiger charge is 2.24. The Bertz CT molecular complexity index is 389.